The first-order valence-electron chi connectivity index (χ1n) is 4.07. The fourth-order valence-electron chi connectivity index (χ4n) is 0.820. The van der Waals surface area contributed by atoms with Crippen LogP contribution in [0.2, 0.25) is 0 Å². The Morgan fingerprint density at radius 3 is 2.64 bits per heavy atom. The summed E-state index contributed by atoms with van der Waals surface area (Å²) in [5.41, 5.74) is -0.756. The average Bonchev–Trinajstić information content (AvgIpc) is 2.21. The van der Waals surface area contributed by atoms with Gasteiger partial charge in [-0.3, -0.25) is 0 Å². The summed E-state index contributed by atoms with van der Waals surface area (Å²) in [6.07, 6.45) is 3.07. The summed E-state index contributed by atoms with van der Waals surface area (Å²) in [6.45, 7) is 1.39. The predicted octanol–water partition coefficient (Wildman–Crippen LogP) is 0.236. The molecule has 0 aromatic carbocycles. The third kappa shape index (κ3) is 2.76. The summed E-state index contributed by atoms with van der Waals surface area (Å²) in [6, 6.07) is 0. The van der Waals surface area contributed by atoms with Crippen LogP contribution in [0, 0.1) is 3.57 Å². The molecule has 78 valence electrons. The number of nitrogens with zero attached hydrogens (tertiary/aromatic N) is 2. The van der Waals surface area contributed by atoms with Gasteiger partial charge in [0.05, 0.1) is 22.3 Å². The zero-order chi connectivity index (χ0) is 10.6. The highest BCUT2D eigenvalue weighted by atomic mass is 127. The van der Waals surface area contributed by atoms with Crippen LogP contribution in [-0.4, -0.2) is 38.9 Å². The van der Waals surface area contributed by atoms with Gasteiger partial charge in [0.1, 0.15) is 12.1 Å². The monoisotopic (exact) mass is 309 g/mol. The van der Waals surface area contributed by atoms with Gasteiger partial charge in [-0.15, -0.1) is 0 Å². The lowest BCUT2D eigenvalue weighted by Gasteiger charge is -2.27. The van der Waals surface area contributed by atoms with Crippen molar-refractivity contribution in [1.29, 1.82) is 0 Å². The van der Waals surface area contributed by atoms with E-state index in [2.05, 4.69) is 37.9 Å². The maximum absolute atomic E-state index is 9.07. The van der Waals surface area contributed by atoms with Crippen LogP contribution >= 0.6 is 22.6 Å². The smallest absolute Gasteiger partial charge is 0.143 e. The lowest BCUT2D eigenvalue weighted by molar-refractivity contribution is 0.147. The second-order valence-corrected chi connectivity index (χ2v) is 4.38. The van der Waals surface area contributed by atoms with Crippen molar-refractivity contribution in [2.45, 2.75) is 12.5 Å². The lowest BCUT2D eigenvalue weighted by Crippen LogP contribution is -2.43. The molecule has 3 N–H and O–H groups in total. The molecule has 0 spiro atoms. The van der Waals surface area contributed by atoms with E-state index in [-0.39, 0.29) is 13.2 Å². The molecule has 5 nitrogen and oxygen atoms in total. The highest BCUT2D eigenvalue weighted by Gasteiger charge is 2.23. The zero-order valence-electron chi connectivity index (χ0n) is 7.74. The van der Waals surface area contributed by atoms with Crippen LogP contribution in [0.15, 0.2) is 12.5 Å². The Morgan fingerprint density at radius 1 is 1.50 bits per heavy atom. The molecule has 0 saturated carbocycles. The predicted molar refractivity (Wildman–Crippen MR) is 60.9 cm³/mol. The molecule has 0 unspecified atom stereocenters. The van der Waals surface area contributed by atoms with Gasteiger partial charge in [0.25, 0.3) is 0 Å². The summed E-state index contributed by atoms with van der Waals surface area (Å²) < 4.78 is 0.846. The molecular formula is C8H12IN3O2. The van der Waals surface area contributed by atoms with Gasteiger partial charge < -0.3 is 15.5 Å². The van der Waals surface area contributed by atoms with Gasteiger partial charge in [-0.1, -0.05) is 0 Å². The molecule has 0 saturated heterocycles. The highest BCUT2D eigenvalue weighted by molar-refractivity contribution is 14.1. The Labute approximate surface area is 95.7 Å². The number of aromatic nitrogens is 2. The van der Waals surface area contributed by atoms with Crippen molar-refractivity contribution in [2.75, 3.05) is 18.5 Å². The topological polar surface area (TPSA) is 78.3 Å². The summed E-state index contributed by atoms with van der Waals surface area (Å²) in [5.74, 6) is 0.617. The molecule has 1 aromatic rings. The number of anilines is 1. The molecule has 6 heteroatoms. The van der Waals surface area contributed by atoms with Gasteiger partial charge in [-0.25, -0.2) is 9.97 Å². The van der Waals surface area contributed by atoms with Crippen LogP contribution in [0.25, 0.3) is 0 Å². The number of aliphatic hydroxyl groups excluding tert-OH is 2. The highest BCUT2D eigenvalue weighted by Crippen LogP contribution is 2.17. The molecule has 14 heavy (non-hydrogen) atoms. The Balaban J connectivity index is 2.82. The number of aliphatic hydroxyl groups is 2. The van der Waals surface area contributed by atoms with Crippen molar-refractivity contribution >= 4 is 28.4 Å². The molecule has 0 aliphatic carbocycles. The molecule has 0 fully saturated rings. The third-order valence-corrected chi connectivity index (χ3v) is 2.58. The van der Waals surface area contributed by atoms with Crippen molar-refractivity contribution in [3.8, 4) is 0 Å². The Bertz CT molecular complexity index is 304. The molecule has 0 aliphatic heterocycles. The van der Waals surface area contributed by atoms with Crippen molar-refractivity contribution in [3.05, 3.63) is 16.1 Å². The Morgan fingerprint density at radius 2 is 2.14 bits per heavy atom. The van der Waals surface area contributed by atoms with E-state index < -0.39 is 5.54 Å². The van der Waals surface area contributed by atoms with Crippen LogP contribution in [-0.2, 0) is 0 Å². The van der Waals surface area contributed by atoms with E-state index in [1.54, 1.807) is 13.1 Å². The Hall–Kier alpha value is -0.470. The third-order valence-electron chi connectivity index (χ3n) is 1.79. The molecule has 0 radical (unpaired) electrons. The van der Waals surface area contributed by atoms with Gasteiger partial charge >= 0.3 is 0 Å². The Kier molecular flexibility index (Phi) is 4.02. The summed E-state index contributed by atoms with van der Waals surface area (Å²) in [7, 11) is 0. The molecule has 0 atom stereocenters. The minimum absolute atomic E-state index is 0.163. The maximum atomic E-state index is 9.07. The lowest BCUT2D eigenvalue weighted by atomic mass is 10.1. The molecule has 0 aliphatic rings. The van der Waals surface area contributed by atoms with Gasteiger partial charge in [0, 0.05) is 6.20 Å². The maximum Gasteiger partial charge on any atom is 0.143 e. The normalized spacial score (nSPS) is 11.4. The number of rotatable bonds is 4. The summed E-state index contributed by atoms with van der Waals surface area (Å²) in [5, 5.41) is 21.1. The van der Waals surface area contributed by atoms with Crippen LogP contribution in [0.1, 0.15) is 6.92 Å². The number of hydrogen-bond donors (Lipinski definition) is 3. The van der Waals surface area contributed by atoms with Gasteiger partial charge in [-0.2, -0.15) is 0 Å². The SMILES string of the molecule is CC(CO)(CO)Nc1ncncc1I. The standard InChI is InChI=1S/C8H12IN3O2/c1-8(3-13,4-14)12-7-6(9)2-10-5-11-7/h2,5,13-14H,3-4H2,1H3,(H,10,11,12). The second kappa shape index (κ2) is 4.85. The molecule has 0 bridgehead atoms. The van der Waals surface area contributed by atoms with Crippen molar-refractivity contribution in [1.82, 2.24) is 9.97 Å². The van der Waals surface area contributed by atoms with E-state index in [1.807, 2.05) is 0 Å². The zero-order valence-corrected chi connectivity index (χ0v) is 9.89. The van der Waals surface area contributed by atoms with Gasteiger partial charge in [-0.05, 0) is 29.5 Å². The van der Waals surface area contributed by atoms with Crippen molar-refractivity contribution in [3.63, 3.8) is 0 Å². The van der Waals surface area contributed by atoms with E-state index in [1.165, 1.54) is 6.33 Å². The van der Waals surface area contributed by atoms with E-state index in [0.717, 1.165) is 3.57 Å². The van der Waals surface area contributed by atoms with Crippen LogP contribution in [0.3, 0.4) is 0 Å². The molecule has 1 rings (SSSR count). The largest absolute Gasteiger partial charge is 0.394 e. The van der Waals surface area contributed by atoms with Crippen LogP contribution in [0.4, 0.5) is 5.82 Å². The minimum atomic E-state index is -0.756. The summed E-state index contributed by atoms with van der Waals surface area (Å²) >= 11 is 2.08. The molecule has 1 aromatic heterocycles. The fourth-order valence-corrected chi connectivity index (χ4v) is 1.25. The van der Waals surface area contributed by atoms with Crippen molar-refractivity contribution < 1.29 is 10.2 Å². The average molecular weight is 309 g/mol. The van der Waals surface area contributed by atoms with Gasteiger partial charge in [0.2, 0.25) is 0 Å². The number of nitrogens with one attached hydrogen (secondary N) is 1. The van der Waals surface area contributed by atoms with E-state index >= 15 is 0 Å². The van der Waals surface area contributed by atoms with Gasteiger partial charge in [0.15, 0.2) is 0 Å². The van der Waals surface area contributed by atoms with E-state index in [0.29, 0.717) is 5.82 Å². The number of hydrogen-bond acceptors (Lipinski definition) is 5. The first kappa shape index (κ1) is 11.6. The van der Waals surface area contributed by atoms with E-state index in [9.17, 15) is 0 Å². The van der Waals surface area contributed by atoms with Crippen LogP contribution in [0.5, 0.6) is 0 Å². The number of halogens is 1. The quantitative estimate of drug-likeness (QED) is 0.694. The van der Waals surface area contributed by atoms with Crippen molar-refractivity contribution in [2.24, 2.45) is 0 Å². The second-order valence-electron chi connectivity index (χ2n) is 3.22. The van der Waals surface area contributed by atoms with Crippen LogP contribution < -0.4 is 5.32 Å². The summed E-state index contributed by atoms with van der Waals surface area (Å²) in [4.78, 5) is 7.85. The fraction of sp³-hybridized carbons (Fsp3) is 0.500. The minimum Gasteiger partial charge on any atom is -0.394 e. The first-order valence-corrected chi connectivity index (χ1v) is 5.14. The molecular weight excluding hydrogens is 297 g/mol. The molecule has 1 heterocycles. The molecule has 0 amide bonds. The van der Waals surface area contributed by atoms with E-state index in [4.69, 9.17) is 10.2 Å². The first-order chi connectivity index (χ1) is 6.61.